The first-order valence-corrected chi connectivity index (χ1v) is 8.10. The molecule has 0 aliphatic heterocycles. The molecule has 0 unspecified atom stereocenters. The molecule has 2 N–H and O–H groups in total. The number of pyridine rings is 1. The Bertz CT molecular complexity index is 975. The number of hydrogen-bond donors (Lipinski definition) is 2. The van der Waals surface area contributed by atoms with Gasteiger partial charge in [-0.05, 0) is 48.9 Å². The van der Waals surface area contributed by atoms with Crippen LogP contribution in [0.15, 0.2) is 54.7 Å². The van der Waals surface area contributed by atoms with Crippen LogP contribution in [0.25, 0.3) is 0 Å². The number of nitrogens with zero attached hydrogens (tertiary/aromatic N) is 1. The number of rotatable bonds is 5. The first kappa shape index (κ1) is 18.3. The quantitative estimate of drug-likeness (QED) is 0.686. The van der Waals surface area contributed by atoms with E-state index in [9.17, 15) is 13.6 Å². The van der Waals surface area contributed by atoms with E-state index in [0.29, 0.717) is 28.5 Å². The van der Waals surface area contributed by atoms with Crippen molar-refractivity contribution in [1.29, 1.82) is 0 Å². The van der Waals surface area contributed by atoms with Crippen molar-refractivity contribution in [3.63, 3.8) is 0 Å². The molecule has 2 aromatic carbocycles. The summed E-state index contributed by atoms with van der Waals surface area (Å²) >= 11 is 0. The van der Waals surface area contributed by atoms with Crippen molar-refractivity contribution in [2.24, 2.45) is 0 Å². The number of ether oxygens (including phenoxy) is 1. The van der Waals surface area contributed by atoms with Gasteiger partial charge in [-0.25, -0.2) is 13.8 Å². The van der Waals surface area contributed by atoms with Gasteiger partial charge >= 0.3 is 0 Å². The molecular formula is C20H17F2N3O2. The van der Waals surface area contributed by atoms with Gasteiger partial charge in [0.05, 0.1) is 18.4 Å². The molecule has 7 heteroatoms. The molecule has 0 atom stereocenters. The zero-order valence-corrected chi connectivity index (χ0v) is 14.7. The van der Waals surface area contributed by atoms with E-state index in [1.165, 1.54) is 19.4 Å². The number of carbonyl (C=O) groups is 1. The smallest absolute Gasteiger partial charge is 0.257 e. The maximum Gasteiger partial charge on any atom is 0.257 e. The van der Waals surface area contributed by atoms with Crippen molar-refractivity contribution < 1.29 is 18.3 Å². The number of amides is 1. The van der Waals surface area contributed by atoms with Gasteiger partial charge in [0.1, 0.15) is 11.6 Å². The lowest BCUT2D eigenvalue weighted by Crippen LogP contribution is -2.13. The first-order chi connectivity index (χ1) is 13.0. The monoisotopic (exact) mass is 369 g/mol. The summed E-state index contributed by atoms with van der Waals surface area (Å²) < 4.78 is 31.5. The van der Waals surface area contributed by atoms with Gasteiger partial charge in [0.15, 0.2) is 11.6 Å². The number of aryl methyl sites for hydroxylation is 1. The Morgan fingerprint density at radius 3 is 2.52 bits per heavy atom. The van der Waals surface area contributed by atoms with Gasteiger partial charge in [-0.3, -0.25) is 4.79 Å². The molecule has 0 saturated carbocycles. The molecule has 27 heavy (non-hydrogen) atoms. The van der Waals surface area contributed by atoms with Crippen LogP contribution in [0.2, 0.25) is 0 Å². The summed E-state index contributed by atoms with van der Waals surface area (Å²) in [5.74, 6) is -1.27. The van der Waals surface area contributed by atoms with E-state index in [1.807, 2.05) is 19.1 Å². The largest absolute Gasteiger partial charge is 0.495 e. The lowest BCUT2D eigenvalue weighted by molar-refractivity contribution is 0.102. The van der Waals surface area contributed by atoms with E-state index in [2.05, 4.69) is 15.6 Å². The van der Waals surface area contributed by atoms with Gasteiger partial charge < -0.3 is 15.4 Å². The number of carbonyl (C=O) groups excluding carboxylic acids is 1. The number of anilines is 3. The summed E-state index contributed by atoms with van der Waals surface area (Å²) in [4.78, 5) is 16.6. The second-order valence-electron chi connectivity index (χ2n) is 5.84. The molecule has 0 saturated heterocycles. The fourth-order valence-electron chi connectivity index (χ4n) is 2.44. The predicted molar refractivity (Wildman–Crippen MR) is 99.6 cm³/mol. The third-order valence-electron chi connectivity index (χ3n) is 3.82. The van der Waals surface area contributed by atoms with E-state index in [4.69, 9.17) is 4.74 Å². The molecule has 0 aliphatic rings. The minimum atomic E-state index is -0.955. The molecule has 5 nitrogen and oxygen atoms in total. The molecule has 1 aromatic heterocycles. The fourth-order valence-corrected chi connectivity index (χ4v) is 2.44. The molecule has 1 heterocycles. The number of methoxy groups -OCH3 is 1. The number of hydrogen-bond acceptors (Lipinski definition) is 4. The van der Waals surface area contributed by atoms with Crippen molar-refractivity contribution in [2.75, 3.05) is 17.7 Å². The molecule has 0 radical (unpaired) electrons. The highest BCUT2D eigenvalue weighted by atomic mass is 19.2. The first-order valence-electron chi connectivity index (χ1n) is 8.10. The van der Waals surface area contributed by atoms with Crippen LogP contribution in [0, 0.1) is 18.6 Å². The van der Waals surface area contributed by atoms with E-state index in [0.717, 1.165) is 17.7 Å². The summed E-state index contributed by atoms with van der Waals surface area (Å²) in [6.07, 6.45) is 1.39. The molecule has 0 bridgehead atoms. The van der Waals surface area contributed by atoms with E-state index < -0.39 is 11.6 Å². The molecule has 0 fully saturated rings. The van der Waals surface area contributed by atoms with Crippen LogP contribution >= 0.6 is 0 Å². The predicted octanol–water partition coefficient (Wildman–Crippen LogP) is 4.67. The van der Waals surface area contributed by atoms with Gasteiger partial charge in [-0.1, -0.05) is 6.07 Å². The number of nitrogens with one attached hydrogen (secondary N) is 2. The van der Waals surface area contributed by atoms with Gasteiger partial charge in [0, 0.05) is 18.0 Å². The summed E-state index contributed by atoms with van der Waals surface area (Å²) in [6.45, 7) is 1.91. The highest BCUT2D eigenvalue weighted by Crippen LogP contribution is 2.26. The second kappa shape index (κ2) is 7.82. The van der Waals surface area contributed by atoms with Gasteiger partial charge in [-0.2, -0.15) is 0 Å². The Morgan fingerprint density at radius 1 is 1.04 bits per heavy atom. The minimum absolute atomic E-state index is 0.342. The zero-order valence-electron chi connectivity index (χ0n) is 14.7. The Balaban J connectivity index is 1.72. The van der Waals surface area contributed by atoms with E-state index in [-0.39, 0.29) is 5.91 Å². The van der Waals surface area contributed by atoms with E-state index in [1.54, 1.807) is 18.2 Å². The molecule has 3 aromatic rings. The van der Waals surface area contributed by atoms with Crippen LogP contribution < -0.4 is 15.4 Å². The third-order valence-corrected chi connectivity index (χ3v) is 3.82. The summed E-state index contributed by atoms with van der Waals surface area (Å²) in [7, 11) is 1.53. The van der Waals surface area contributed by atoms with Crippen molar-refractivity contribution in [2.45, 2.75) is 6.92 Å². The van der Waals surface area contributed by atoms with Crippen molar-refractivity contribution >= 4 is 23.1 Å². The minimum Gasteiger partial charge on any atom is -0.495 e. The highest BCUT2D eigenvalue weighted by molar-refractivity contribution is 6.05. The zero-order chi connectivity index (χ0) is 19.4. The average Bonchev–Trinajstić information content (AvgIpc) is 2.65. The van der Waals surface area contributed by atoms with Crippen LogP contribution in [0.4, 0.5) is 26.0 Å². The lowest BCUT2D eigenvalue weighted by atomic mass is 10.2. The maximum atomic E-state index is 13.3. The fraction of sp³-hybridized carbons (Fsp3) is 0.100. The third kappa shape index (κ3) is 4.38. The van der Waals surface area contributed by atoms with E-state index >= 15 is 0 Å². The number of benzene rings is 2. The SMILES string of the molecule is COc1ccc(C)cc1NC(=O)c1ccc(Nc2ccc(F)c(F)c2)nc1. The second-order valence-corrected chi connectivity index (χ2v) is 5.84. The number of aromatic nitrogens is 1. The van der Waals surface area contributed by atoms with Gasteiger partial charge in [-0.15, -0.1) is 0 Å². The van der Waals surface area contributed by atoms with Crippen LogP contribution in [-0.2, 0) is 0 Å². The molecule has 0 spiro atoms. The standard InChI is InChI=1S/C20H17F2N3O2/c1-12-3-7-18(27-2)17(9-12)25-20(26)13-4-8-19(23-11-13)24-14-5-6-15(21)16(22)10-14/h3-11H,1-2H3,(H,23,24)(H,25,26). The van der Waals surface area contributed by atoms with Crippen molar-refractivity contribution in [3.05, 3.63) is 77.5 Å². The average molecular weight is 369 g/mol. The maximum absolute atomic E-state index is 13.3. The Labute approximate surface area is 155 Å². The molecule has 3 rings (SSSR count). The van der Waals surface area contributed by atoms with Crippen LogP contribution in [0.1, 0.15) is 15.9 Å². The van der Waals surface area contributed by atoms with Crippen LogP contribution in [0.5, 0.6) is 5.75 Å². The number of halogens is 2. The molecular weight excluding hydrogens is 352 g/mol. The summed E-state index contributed by atoms with van der Waals surface area (Å²) in [5, 5.41) is 5.63. The van der Waals surface area contributed by atoms with Gasteiger partial charge in [0.25, 0.3) is 5.91 Å². The highest BCUT2D eigenvalue weighted by Gasteiger charge is 2.11. The molecule has 1 amide bonds. The van der Waals surface area contributed by atoms with Crippen LogP contribution in [-0.4, -0.2) is 18.0 Å². The normalized spacial score (nSPS) is 10.4. The molecule has 138 valence electrons. The van der Waals surface area contributed by atoms with Gasteiger partial charge in [0.2, 0.25) is 0 Å². The Kier molecular flexibility index (Phi) is 5.30. The lowest BCUT2D eigenvalue weighted by Gasteiger charge is -2.11. The molecule has 0 aliphatic carbocycles. The summed E-state index contributed by atoms with van der Waals surface area (Å²) in [5.41, 5.74) is 2.24. The topological polar surface area (TPSA) is 63.2 Å². The Morgan fingerprint density at radius 2 is 1.85 bits per heavy atom. The Hall–Kier alpha value is -3.48. The summed E-state index contributed by atoms with van der Waals surface area (Å²) in [6, 6.07) is 12.1. The van der Waals surface area contributed by atoms with Crippen molar-refractivity contribution in [3.8, 4) is 5.75 Å². The van der Waals surface area contributed by atoms with Crippen LogP contribution in [0.3, 0.4) is 0 Å². The van der Waals surface area contributed by atoms with Crippen molar-refractivity contribution in [1.82, 2.24) is 4.98 Å².